The smallest absolute Gasteiger partial charge is 0.332 e. The molecule has 0 aliphatic rings. The molecule has 126 valence electrons. The Morgan fingerprint density at radius 1 is 1.17 bits per heavy atom. The predicted octanol–water partition coefficient (Wildman–Crippen LogP) is 4.42. The third-order valence-corrected chi connectivity index (χ3v) is 3.52. The number of hydrogen-bond acceptors (Lipinski definition) is 4. The fraction of sp³-hybridized carbons (Fsp3) is 0.211. The van der Waals surface area contributed by atoms with Crippen LogP contribution in [0.25, 0.3) is 5.03 Å². The van der Waals surface area contributed by atoms with E-state index in [1.807, 2.05) is 30.3 Å². The summed E-state index contributed by atoms with van der Waals surface area (Å²) in [5.74, 6) is 0.681. The number of esters is 1. The van der Waals surface area contributed by atoms with Gasteiger partial charge in [0.25, 0.3) is 0 Å². The molecule has 0 aliphatic heterocycles. The molecular weight excluding hydrogens is 328 g/mol. The van der Waals surface area contributed by atoms with E-state index in [-0.39, 0.29) is 5.03 Å². The summed E-state index contributed by atoms with van der Waals surface area (Å²) in [6.07, 6.45) is 1.23. The molecule has 24 heavy (non-hydrogen) atoms. The monoisotopic (exact) mass is 346 g/mol. The second-order valence-electron chi connectivity index (χ2n) is 4.88. The minimum atomic E-state index is -0.492. The van der Waals surface area contributed by atoms with Crippen LogP contribution in [-0.4, -0.2) is 19.7 Å². The van der Waals surface area contributed by atoms with Gasteiger partial charge >= 0.3 is 5.97 Å². The quantitative estimate of drug-likeness (QED) is 0.550. The molecule has 0 aliphatic carbocycles. The Labute approximate surface area is 146 Å². The van der Waals surface area contributed by atoms with Crippen LogP contribution in [0.3, 0.4) is 0 Å². The number of benzene rings is 2. The number of rotatable bonds is 7. The average Bonchev–Trinajstić information content (AvgIpc) is 2.60. The summed E-state index contributed by atoms with van der Waals surface area (Å²) in [5, 5.41) is 0.250. The van der Waals surface area contributed by atoms with Crippen LogP contribution in [0.5, 0.6) is 11.5 Å². The van der Waals surface area contributed by atoms with Gasteiger partial charge in [0.05, 0.1) is 18.7 Å². The Bertz CT molecular complexity index is 711. The van der Waals surface area contributed by atoms with Crippen molar-refractivity contribution in [2.24, 2.45) is 0 Å². The van der Waals surface area contributed by atoms with E-state index < -0.39 is 5.97 Å². The van der Waals surface area contributed by atoms with E-state index in [1.165, 1.54) is 13.2 Å². The zero-order valence-electron chi connectivity index (χ0n) is 13.6. The first kappa shape index (κ1) is 17.9. The van der Waals surface area contributed by atoms with E-state index in [2.05, 4.69) is 0 Å². The first-order chi connectivity index (χ1) is 11.6. The fourth-order valence-electron chi connectivity index (χ4n) is 2.06. The Hall–Kier alpha value is -2.46. The number of hydrogen-bond donors (Lipinski definition) is 0. The molecule has 0 saturated heterocycles. The minimum Gasteiger partial charge on any atom is -0.496 e. The van der Waals surface area contributed by atoms with Crippen molar-refractivity contribution >= 4 is 22.6 Å². The highest BCUT2D eigenvalue weighted by Crippen LogP contribution is 2.32. The molecule has 2 aromatic carbocycles. The highest BCUT2D eigenvalue weighted by Gasteiger charge is 2.11. The lowest BCUT2D eigenvalue weighted by atomic mass is 10.1. The van der Waals surface area contributed by atoms with Gasteiger partial charge < -0.3 is 14.2 Å². The van der Waals surface area contributed by atoms with Gasteiger partial charge in [0.2, 0.25) is 0 Å². The van der Waals surface area contributed by atoms with Gasteiger partial charge in [-0.15, -0.1) is 0 Å². The second-order valence-corrected chi connectivity index (χ2v) is 5.29. The summed E-state index contributed by atoms with van der Waals surface area (Å²) in [6, 6.07) is 15.1. The van der Waals surface area contributed by atoms with Crippen LogP contribution in [0.15, 0.2) is 54.6 Å². The van der Waals surface area contributed by atoms with Crippen molar-refractivity contribution in [2.45, 2.75) is 13.5 Å². The third kappa shape index (κ3) is 5.03. The van der Waals surface area contributed by atoms with Crippen LogP contribution >= 0.6 is 11.6 Å². The normalized spacial score (nSPS) is 11.0. The zero-order chi connectivity index (χ0) is 17.4. The average molecular weight is 347 g/mol. The van der Waals surface area contributed by atoms with E-state index >= 15 is 0 Å². The standard InChI is InChI=1S/C19H19ClO4/c1-3-23-19(21)12-17(20)16-10-9-15(11-18(16)22-2)24-13-14-7-5-4-6-8-14/h4-12H,3,13H2,1-2H3/b17-12-. The Balaban J connectivity index is 2.13. The van der Waals surface area contributed by atoms with Crippen LogP contribution in [0, 0.1) is 0 Å². The largest absolute Gasteiger partial charge is 0.496 e. The van der Waals surface area contributed by atoms with E-state index in [0.717, 1.165) is 5.56 Å². The molecule has 0 heterocycles. The lowest BCUT2D eigenvalue weighted by Crippen LogP contribution is -2.00. The van der Waals surface area contributed by atoms with Gasteiger partial charge in [0.15, 0.2) is 0 Å². The number of halogens is 1. The van der Waals surface area contributed by atoms with Crippen molar-refractivity contribution in [3.05, 3.63) is 65.7 Å². The summed E-state index contributed by atoms with van der Waals surface area (Å²) in [7, 11) is 1.54. The lowest BCUT2D eigenvalue weighted by molar-refractivity contribution is -0.137. The molecule has 0 fully saturated rings. The number of carbonyl (C=O) groups excluding carboxylic acids is 1. The maximum Gasteiger partial charge on any atom is 0.332 e. The van der Waals surface area contributed by atoms with Crippen LogP contribution in [0.1, 0.15) is 18.1 Å². The zero-order valence-corrected chi connectivity index (χ0v) is 14.4. The molecule has 0 atom stereocenters. The summed E-state index contributed by atoms with van der Waals surface area (Å²) >= 11 is 6.19. The maximum atomic E-state index is 11.5. The third-order valence-electron chi connectivity index (χ3n) is 3.21. The topological polar surface area (TPSA) is 44.8 Å². The molecule has 0 spiro atoms. The molecule has 0 unspecified atom stereocenters. The van der Waals surface area contributed by atoms with Gasteiger partial charge in [-0.3, -0.25) is 0 Å². The first-order valence-electron chi connectivity index (χ1n) is 7.53. The summed E-state index contributed by atoms with van der Waals surface area (Å²) in [5.41, 5.74) is 1.67. The van der Waals surface area contributed by atoms with Crippen LogP contribution in [0.4, 0.5) is 0 Å². The second kappa shape index (κ2) is 8.99. The molecule has 0 saturated carbocycles. The van der Waals surface area contributed by atoms with Crippen LogP contribution < -0.4 is 9.47 Å². The predicted molar refractivity (Wildman–Crippen MR) is 94.2 cm³/mol. The van der Waals surface area contributed by atoms with Crippen molar-refractivity contribution in [1.82, 2.24) is 0 Å². The Morgan fingerprint density at radius 2 is 1.92 bits per heavy atom. The van der Waals surface area contributed by atoms with Crippen molar-refractivity contribution in [1.29, 1.82) is 0 Å². The number of carbonyl (C=O) groups is 1. The van der Waals surface area contributed by atoms with Crippen molar-refractivity contribution in [3.63, 3.8) is 0 Å². The summed E-state index contributed by atoms with van der Waals surface area (Å²) < 4.78 is 16.0. The molecule has 0 N–H and O–H groups in total. The molecule has 4 nitrogen and oxygen atoms in total. The van der Waals surface area contributed by atoms with Crippen molar-refractivity contribution < 1.29 is 19.0 Å². The maximum absolute atomic E-state index is 11.5. The lowest BCUT2D eigenvalue weighted by Gasteiger charge is -2.11. The molecule has 5 heteroatoms. The van der Waals surface area contributed by atoms with E-state index in [1.54, 1.807) is 25.1 Å². The highest BCUT2D eigenvalue weighted by atomic mass is 35.5. The van der Waals surface area contributed by atoms with Crippen LogP contribution in [0.2, 0.25) is 0 Å². The van der Waals surface area contributed by atoms with Crippen molar-refractivity contribution in [2.75, 3.05) is 13.7 Å². The van der Waals surface area contributed by atoms with E-state index in [0.29, 0.717) is 30.3 Å². The Kier molecular flexibility index (Phi) is 6.70. The van der Waals surface area contributed by atoms with Gasteiger partial charge in [-0.05, 0) is 24.6 Å². The molecule has 0 amide bonds. The highest BCUT2D eigenvalue weighted by molar-refractivity contribution is 6.50. The molecular formula is C19H19ClO4. The van der Waals surface area contributed by atoms with Gasteiger partial charge in [0.1, 0.15) is 18.1 Å². The first-order valence-corrected chi connectivity index (χ1v) is 7.91. The molecule has 0 bridgehead atoms. The molecule has 0 radical (unpaired) electrons. The molecule has 2 aromatic rings. The summed E-state index contributed by atoms with van der Waals surface area (Å²) in [4.78, 5) is 11.5. The van der Waals surface area contributed by atoms with Gasteiger partial charge in [-0.25, -0.2) is 4.79 Å². The van der Waals surface area contributed by atoms with Crippen LogP contribution in [-0.2, 0) is 16.1 Å². The van der Waals surface area contributed by atoms with E-state index in [9.17, 15) is 4.79 Å². The minimum absolute atomic E-state index is 0.250. The van der Waals surface area contributed by atoms with E-state index in [4.69, 9.17) is 25.8 Å². The number of methoxy groups -OCH3 is 1. The SMILES string of the molecule is CCOC(=O)/C=C(\Cl)c1ccc(OCc2ccccc2)cc1OC. The van der Waals surface area contributed by atoms with Gasteiger partial charge in [-0.1, -0.05) is 41.9 Å². The molecule has 2 rings (SSSR count). The van der Waals surface area contributed by atoms with Gasteiger partial charge in [-0.2, -0.15) is 0 Å². The fourth-order valence-corrected chi connectivity index (χ4v) is 2.31. The molecule has 0 aromatic heterocycles. The Morgan fingerprint density at radius 3 is 2.58 bits per heavy atom. The van der Waals surface area contributed by atoms with Gasteiger partial charge in [0, 0.05) is 17.7 Å². The van der Waals surface area contributed by atoms with Crippen molar-refractivity contribution in [3.8, 4) is 11.5 Å². The summed E-state index contributed by atoms with van der Waals surface area (Å²) in [6.45, 7) is 2.48. The number of ether oxygens (including phenoxy) is 3.